The van der Waals surface area contributed by atoms with Gasteiger partial charge in [-0.3, -0.25) is 0 Å². The first-order valence-corrected chi connectivity index (χ1v) is 18.6. The van der Waals surface area contributed by atoms with Crippen molar-refractivity contribution in [3.05, 3.63) is 12.7 Å². The summed E-state index contributed by atoms with van der Waals surface area (Å²) in [4.78, 5) is 10.8. The predicted octanol–water partition coefficient (Wildman–Crippen LogP) is 3.91. The zero-order valence-electron chi connectivity index (χ0n) is 17.7. The molecule has 0 aliphatic heterocycles. The van der Waals surface area contributed by atoms with Crippen molar-refractivity contribution in [3.8, 4) is 0 Å². The van der Waals surface area contributed by atoms with E-state index < -0.39 is 31.2 Å². The minimum atomic E-state index is -2.17. The molecule has 0 unspecified atom stereocenters. The lowest BCUT2D eigenvalue weighted by Crippen LogP contribution is -2.52. The number of carbonyl (C=O) groups is 1. The van der Waals surface area contributed by atoms with Gasteiger partial charge < -0.3 is 22.4 Å². The number of carbonyl (C=O) groups excluding carboxylic acids is 1. The first-order chi connectivity index (χ1) is 11.9. The average Bonchev–Trinajstić information content (AvgIpc) is 2.44. The standard InChI is InChI=1S/C17H38O6Si3/c1-9-17(18)21-15-14-20-13-12-19-11-10-16-26(8,22-24(2,3)4)23-25(5,6)7/h9H,1,10-16H2,2-8H3. The van der Waals surface area contributed by atoms with Crippen molar-refractivity contribution in [2.24, 2.45) is 0 Å². The lowest BCUT2D eigenvalue weighted by Gasteiger charge is -2.38. The topological polar surface area (TPSA) is 63.2 Å². The van der Waals surface area contributed by atoms with E-state index >= 15 is 0 Å². The van der Waals surface area contributed by atoms with E-state index in [9.17, 15) is 4.79 Å². The van der Waals surface area contributed by atoms with Crippen LogP contribution in [-0.4, -0.2) is 64.2 Å². The molecule has 0 spiro atoms. The van der Waals surface area contributed by atoms with Crippen LogP contribution in [0.3, 0.4) is 0 Å². The van der Waals surface area contributed by atoms with Crippen molar-refractivity contribution in [2.75, 3.05) is 33.0 Å². The molecule has 0 aromatic rings. The maximum Gasteiger partial charge on any atom is 0.330 e. The Morgan fingerprint density at radius 1 is 0.808 bits per heavy atom. The van der Waals surface area contributed by atoms with Gasteiger partial charge in [-0.25, -0.2) is 4.79 Å². The normalized spacial score (nSPS) is 12.9. The Hall–Kier alpha value is -0.299. The molecule has 0 saturated heterocycles. The van der Waals surface area contributed by atoms with Crippen LogP contribution in [-0.2, 0) is 27.2 Å². The fraction of sp³-hybridized carbons (Fsp3) is 0.824. The number of esters is 1. The highest BCUT2D eigenvalue weighted by molar-refractivity contribution is 6.87. The summed E-state index contributed by atoms with van der Waals surface area (Å²) in [5.74, 6) is -0.432. The molecular formula is C17H38O6Si3. The van der Waals surface area contributed by atoms with Crippen LogP contribution in [0.4, 0.5) is 0 Å². The average molecular weight is 423 g/mol. The summed E-state index contributed by atoms with van der Waals surface area (Å²) in [5.41, 5.74) is 0. The highest BCUT2D eigenvalue weighted by atomic mass is 28.5. The van der Waals surface area contributed by atoms with Crippen LogP contribution in [0, 0.1) is 0 Å². The van der Waals surface area contributed by atoms with E-state index in [1.807, 2.05) is 0 Å². The molecule has 0 N–H and O–H groups in total. The largest absolute Gasteiger partial charge is 0.460 e. The van der Waals surface area contributed by atoms with E-state index in [0.717, 1.165) is 18.5 Å². The van der Waals surface area contributed by atoms with Gasteiger partial charge in [-0.05, 0) is 58.3 Å². The van der Waals surface area contributed by atoms with Crippen molar-refractivity contribution >= 4 is 31.2 Å². The van der Waals surface area contributed by atoms with Gasteiger partial charge in [0.2, 0.25) is 0 Å². The van der Waals surface area contributed by atoms with Crippen molar-refractivity contribution in [3.63, 3.8) is 0 Å². The lowest BCUT2D eigenvalue weighted by atomic mass is 10.5. The van der Waals surface area contributed by atoms with Crippen molar-refractivity contribution in [1.29, 1.82) is 0 Å². The fourth-order valence-corrected chi connectivity index (χ4v) is 15.0. The van der Waals surface area contributed by atoms with E-state index in [1.54, 1.807) is 0 Å². The van der Waals surface area contributed by atoms with E-state index in [2.05, 4.69) is 52.4 Å². The van der Waals surface area contributed by atoms with Crippen LogP contribution >= 0.6 is 0 Å². The third-order valence-electron chi connectivity index (χ3n) is 2.97. The second-order valence-corrected chi connectivity index (χ2v) is 21.1. The Morgan fingerprint density at radius 3 is 1.73 bits per heavy atom. The first kappa shape index (κ1) is 25.7. The molecule has 0 aliphatic carbocycles. The van der Waals surface area contributed by atoms with Crippen LogP contribution in [0.5, 0.6) is 0 Å². The van der Waals surface area contributed by atoms with E-state index in [-0.39, 0.29) is 6.61 Å². The van der Waals surface area contributed by atoms with Gasteiger partial charge in [-0.2, -0.15) is 0 Å². The second kappa shape index (κ2) is 12.2. The molecule has 0 amide bonds. The molecule has 0 aromatic carbocycles. The summed E-state index contributed by atoms with van der Waals surface area (Å²) in [6.07, 6.45) is 2.06. The molecule has 154 valence electrons. The Balaban J connectivity index is 3.95. The van der Waals surface area contributed by atoms with Crippen LogP contribution in [0.1, 0.15) is 6.42 Å². The second-order valence-electron chi connectivity index (χ2n) is 8.26. The first-order valence-electron chi connectivity index (χ1n) is 9.22. The molecule has 0 radical (unpaired) electrons. The minimum absolute atomic E-state index is 0.233. The zero-order valence-corrected chi connectivity index (χ0v) is 20.7. The molecule has 0 saturated carbocycles. The highest BCUT2D eigenvalue weighted by Crippen LogP contribution is 2.25. The summed E-state index contributed by atoms with van der Waals surface area (Å²) in [5, 5.41) is 0. The molecule has 0 bridgehead atoms. The van der Waals surface area contributed by atoms with E-state index in [1.165, 1.54) is 0 Å². The van der Waals surface area contributed by atoms with Gasteiger partial charge in [-0.15, -0.1) is 0 Å². The maximum absolute atomic E-state index is 10.8. The molecule has 9 heteroatoms. The van der Waals surface area contributed by atoms with Gasteiger partial charge in [0.15, 0.2) is 16.6 Å². The number of hydrogen-bond donors (Lipinski definition) is 0. The Labute approximate surface area is 162 Å². The smallest absolute Gasteiger partial charge is 0.330 e. The molecule has 0 rings (SSSR count). The maximum atomic E-state index is 10.8. The van der Waals surface area contributed by atoms with Gasteiger partial charge >= 0.3 is 14.5 Å². The fourth-order valence-electron chi connectivity index (χ4n) is 2.50. The monoisotopic (exact) mass is 422 g/mol. The van der Waals surface area contributed by atoms with E-state index in [0.29, 0.717) is 26.4 Å². The molecule has 0 heterocycles. The summed E-state index contributed by atoms with van der Waals surface area (Å²) < 4.78 is 28.7. The third kappa shape index (κ3) is 15.9. The minimum Gasteiger partial charge on any atom is -0.460 e. The van der Waals surface area contributed by atoms with Crippen molar-refractivity contribution in [1.82, 2.24) is 0 Å². The number of rotatable bonds is 15. The summed E-state index contributed by atoms with van der Waals surface area (Å²) in [7, 11) is -5.45. The number of ether oxygens (including phenoxy) is 3. The summed E-state index contributed by atoms with van der Waals surface area (Å²) in [6, 6.07) is 0.944. The lowest BCUT2D eigenvalue weighted by molar-refractivity contribution is -0.139. The van der Waals surface area contributed by atoms with Crippen LogP contribution in [0.2, 0.25) is 51.9 Å². The van der Waals surface area contributed by atoms with Gasteiger partial charge in [0.1, 0.15) is 6.61 Å². The molecule has 0 aliphatic rings. The molecule has 6 nitrogen and oxygen atoms in total. The molecule has 0 fully saturated rings. The Kier molecular flexibility index (Phi) is 12.1. The Bertz CT molecular complexity index is 402. The molecule has 0 atom stereocenters. The molecule has 0 aromatic heterocycles. The van der Waals surface area contributed by atoms with E-state index in [4.69, 9.17) is 22.4 Å². The number of hydrogen-bond acceptors (Lipinski definition) is 6. The molecule has 26 heavy (non-hydrogen) atoms. The zero-order chi connectivity index (χ0) is 20.3. The SMILES string of the molecule is C=CC(=O)OCCOCCOCCC[Si](C)(O[Si](C)(C)C)O[Si](C)(C)C. The van der Waals surface area contributed by atoms with Crippen molar-refractivity contribution in [2.45, 2.75) is 58.3 Å². The third-order valence-corrected chi connectivity index (χ3v) is 12.6. The van der Waals surface area contributed by atoms with Crippen molar-refractivity contribution < 1.29 is 27.2 Å². The Morgan fingerprint density at radius 2 is 1.27 bits per heavy atom. The highest BCUT2D eigenvalue weighted by Gasteiger charge is 2.39. The van der Waals surface area contributed by atoms with Crippen LogP contribution < -0.4 is 0 Å². The van der Waals surface area contributed by atoms with Gasteiger partial charge in [0.25, 0.3) is 0 Å². The van der Waals surface area contributed by atoms with Gasteiger partial charge in [0, 0.05) is 12.7 Å². The summed E-state index contributed by atoms with van der Waals surface area (Å²) in [6.45, 7) is 21.1. The quantitative estimate of drug-likeness (QED) is 0.172. The van der Waals surface area contributed by atoms with Gasteiger partial charge in [0.05, 0.1) is 19.8 Å². The molecular weight excluding hydrogens is 384 g/mol. The summed E-state index contributed by atoms with van der Waals surface area (Å²) >= 11 is 0. The van der Waals surface area contributed by atoms with Gasteiger partial charge in [-0.1, -0.05) is 6.58 Å². The van der Waals surface area contributed by atoms with Crippen LogP contribution in [0.25, 0.3) is 0 Å². The predicted molar refractivity (Wildman–Crippen MR) is 113 cm³/mol. The van der Waals surface area contributed by atoms with Crippen LogP contribution in [0.15, 0.2) is 12.7 Å².